The van der Waals surface area contributed by atoms with Crippen LogP contribution in [0.25, 0.3) is 0 Å². The van der Waals surface area contributed by atoms with Gasteiger partial charge in [0, 0.05) is 18.2 Å². The molecule has 16 heavy (non-hydrogen) atoms. The van der Waals surface area contributed by atoms with Gasteiger partial charge in [-0.05, 0) is 12.1 Å². The molecule has 1 aromatic rings. The van der Waals surface area contributed by atoms with E-state index in [9.17, 15) is 4.79 Å². The summed E-state index contributed by atoms with van der Waals surface area (Å²) in [6.07, 6.45) is 0. The summed E-state index contributed by atoms with van der Waals surface area (Å²) in [5.41, 5.74) is 6.07. The Morgan fingerprint density at radius 3 is 2.69 bits per heavy atom. The minimum Gasteiger partial charge on any atom is -0.497 e. The van der Waals surface area contributed by atoms with Gasteiger partial charge < -0.3 is 20.5 Å². The van der Waals surface area contributed by atoms with Crippen LogP contribution in [-0.4, -0.2) is 26.7 Å². The van der Waals surface area contributed by atoms with E-state index in [1.54, 1.807) is 20.3 Å². The molecule has 0 radical (unpaired) electrons. The maximum Gasteiger partial charge on any atom is 0.234 e. The van der Waals surface area contributed by atoms with E-state index in [2.05, 4.69) is 5.32 Å². The molecule has 0 aromatic heterocycles. The van der Waals surface area contributed by atoms with E-state index in [4.69, 9.17) is 15.2 Å². The maximum absolute atomic E-state index is 11.0. The van der Waals surface area contributed by atoms with Gasteiger partial charge in [-0.25, -0.2) is 0 Å². The van der Waals surface area contributed by atoms with Crippen molar-refractivity contribution in [3.63, 3.8) is 0 Å². The van der Waals surface area contributed by atoms with Gasteiger partial charge >= 0.3 is 0 Å². The lowest BCUT2D eigenvalue weighted by molar-refractivity contribution is -0.119. The van der Waals surface area contributed by atoms with Gasteiger partial charge in [-0.1, -0.05) is 0 Å². The van der Waals surface area contributed by atoms with Crippen molar-refractivity contribution in [3.8, 4) is 11.5 Å². The monoisotopic (exact) mass is 224 g/mol. The summed E-state index contributed by atoms with van der Waals surface area (Å²) in [6.45, 7) is 0.377. The van der Waals surface area contributed by atoms with Crippen LogP contribution in [0.3, 0.4) is 0 Å². The number of rotatable bonds is 5. The summed E-state index contributed by atoms with van der Waals surface area (Å²) in [6, 6.07) is 5.42. The molecule has 1 amide bonds. The first-order chi connectivity index (χ1) is 7.71. The molecule has 0 saturated heterocycles. The molecule has 0 heterocycles. The predicted octanol–water partition coefficient (Wildman–Crippen LogP) is 0.279. The van der Waals surface area contributed by atoms with E-state index in [1.807, 2.05) is 12.1 Å². The fourth-order valence-corrected chi connectivity index (χ4v) is 1.26. The quantitative estimate of drug-likeness (QED) is 0.753. The van der Waals surface area contributed by atoms with Gasteiger partial charge in [0.1, 0.15) is 11.5 Å². The van der Waals surface area contributed by atoms with Crippen LogP contribution in [0.2, 0.25) is 0 Å². The third kappa shape index (κ3) is 3.13. The van der Waals surface area contributed by atoms with Gasteiger partial charge in [0.05, 0.1) is 20.8 Å². The number of hydrogen-bond donors (Lipinski definition) is 2. The second-order valence-electron chi connectivity index (χ2n) is 3.16. The number of hydrogen-bond acceptors (Lipinski definition) is 4. The van der Waals surface area contributed by atoms with Crippen LogP contribution in [0.5, 0.6) is 11.5 Å². The first kappa shape index (κ1) is 12.3. The van der Waals surface area contributed by atoms with Crippen LogP contribution < -0.4 is 20.5 Å². The van der Waals surface area contributed by atoms with E-state index < -0.39 is 0 Å². The van der Waals surface area contributed by atoms with Crippen molar-refractivity contribution in [2.45, 2.75) is 6.54 Å². The number of benzene rings is 1. The van der Waals surface area contributed by atoms with Gasteiger partial charge in [-0.15, -0.1) is 0 Å². The average Bonchev–Trinajstić information content (AvgIpc) is 2.35. The Kier molecular flexibility index (Phi) is 4.60. The second-order valence-corrected chi connectivity index (χ2v) is 3.16. The number of methoxy groups -OCH3 is 2. The molecule has 1 rings (SSSR count). The van der Waals surface area contributed by atoms with Gasteiger partial charge in [0.25, 0.3) is 0 Å². The lowest BCUT2D eigenvalue weighted by Crippen LogP contribution is -2.29. The van der Waals surface area contributed by atoms with Gasteiger partial charge in [0.2, 0.25) is 5.91 Å². The SMILES string of the molecule is COc1ccc(CNC(=O)CN)c(OC)c1. The minimum atomic E-state index is -0.196. The van der Waals surface area contributed by atoms with E-state index in [-0.39, 0.29) is 12.5 Å². The largest absolute Gasteiger partial charge is 0.497 e. The fraction of sp³-hybridized carbons (Fsp3) is 0.364. The summed E-state index contributed by atoms with van der Waals surface area (Å²) in [5, 5.41) is 2.68. The number of ether oxygens (including phenoxy) is 2. The molecule has 0 aliphatic rings. The molecule has 5 heteroatoms. The third-order valence-corrected chi connectivity index (χ3v) is 2.16. The smallest absolute Gasteiger partial charge is 0.234 e. The molecule has 0 fully saturated rings. The topological polar surface area (TPSA) is 73.6 Å². The van der Waals surface area contributed by atoms with Crippen LogP contribution in [0, 0.1) is 0 Å². The van der Waals surface area contributed by atoms with Crippen LogP contribution in [0.4, 0.5) is 0 Å². The zero-order valence-electron chi connectivity index (χ0n) is 9.45. The van der Waals surface area contributed by atoms with Crippen LogP contribution in [-0.2, 0) is 11.3 Å². The zero-order chi connectivity index (χ0) is 12.0. The minimum absolute atomic E-state index is 0.0154. The second kappa shape index (κ2) is 5.97. The Balaban J connectivity index is 2.75. The van der Waals surface area contributed by atoms with E-state index >= 15 is 0 Å². The molecule has 5 nitrogen and oxygen atoms in total. The molecule has 0 unspecified atom stereocenters. The summed E-state index contributed by atoms with van der Waals surface area (Å²) >= 11 is 0. The van der Waals surface area contributed by atoms with Gasteiger partial charge in [-0.2, -0.15) is 0 Å². The summed E-state index contributed by atoms with van der Waals surface area (Å²) in [5.74, 6) is 1.19. The predicted molar refractivity (Wildman–Crippen MR) is 60.4 cm³/mol. The number of carbonyl (C=O) groups excluding carboxylic acids is 1. The lowest BCUT2D eigenvalue weighted by atomic mass is 10.2. The molecule has 0 aliphatic carbocycles. The first-order valence-corrected chi connectivity index (χ1v) is 4.89. The Morgan fingerprint density at radius 2 is 2.12 bits per heavy atom. The highest BCUT2D eigenvalue weighted by Crippen LogP contribution is 2.24. The Hall–Kier alpha value is -1.75. The molecule has 0 bridgehead atoms. The summed E-state index contributed by atoms with van der Waals surface area (Å²) in [7, 11) is 3.16. The maximum atomic E-state index is 11.0. The third-order valence-electron chi connectivity index (χ3n) is 2.16. The summed E-state index contributed by atoms with van der Waals surface area (Å²) < 4.78 is 10.3. The molecule has 0 atom stereocenters. The number of nitrogens with two attached hydrogens (primary N) is 1. The normalized spacial score (nSPS) is 9.69. The van der Waals surface area contributed by atoms with Crippen LogP contribution in [0.15, 0.2) is 18.2 Å². The molecular weight excluding hydrogens is 208 g/mol. The van der Waals surface area contributed by atoms with Crippen molar-refractivity contribution in [2.24, 2.45) is 5.73 Å². The van der Waals surface area contributed by atoms with E-state index in [0.29, 0.717) is 18.0 Å². The van der Waals surface area contributed by atoms with Crippen molar-refractivity contribution in [1.82, 2.24) is 5.32 Å². The fourth-order valence-electron chi connectivity index (χ4n) is 1.26. The highest BCUT2D eigenvalue weighted by molar-refractivity contribution is 5.77. The van der Waals surface area contributed by atoms with Crippen LogP contribution in [0.1, 0.15) is 5.56 Å². The molecule has 0 saturated carbocycles. The summed E-state index contributed by atoms with van der Waals surface area (Å²) in [4.78, 5) is 11.0. The molecule has 3 N–H and O–H groups in total. The average molecular weight is 224 g/mol. The van der Waals surface area contributed by atoms with Crippen molar-refractivity contribution < 1.29 is 14.3 Å². The van der Waals surface area contributed by atoms with Crippen molar-refractivity contribution in [3.05, 3.63) is 23.8 Å². The van der Waals surface area contributed by atoms with Crippen LogP contribution >= 0.6 is 0 Å². The molecule has 88 valence electrons. The molecule has 0 aliphatic heterocycles. The highest BCUT2D eigenvalue weighted by Gasteiger charge is 2.05. The van der Waals surface area contributed by atoms with Crippen molar-refractivity contribution >= 4 is 5.91 Å². The van der Waals surface area contributed by atoms with Gasteiger partial charge in [-0.3, -0.25) is 4.79 Å². The Labute approximate surface area is 94.5 Å². The number of carbonyl (C=O) groups is 1. The van der Waals surface area contributed by atoms with E-state index in [1.165, 1.54) is 0 Å². The van der Waals surface area contributed by atoms with Gasteiger partial charge in [0.15, 0.2) is 0 Å². The molecule has 0 spiro atoms. The zero-order valence-corrected chi connectivity index (χ0v) is 9.45. The first-order valence-electron chi connectivity index (χ1n) is 4.89. The molecular formula is C11H16N2O3. The lowest BCUT2D eigenvalue weighted by Gasteiger charge is -2.10. The number of nitrogens with one attached hydrogen (secondary N) is 1. The standard InChI is InChI=1S/C11H16N2O3/c1-15-9-4-3-8(10(5-9)16-2)7-13-11(14)6-12/h3-5H,6-7,12H2,1-2H3,(H,13,14). The number of amides is 1. The van der Waals surface area contributed by atoms with Crippen molar-refractivity contribution in [2.75, 3.05) is 20.8 Å². The van der Waals surface area contributed by atoms with E-state index in [0.717, 1.165) is 5.56 Å². The highest BCUT2D eigenvalue weighted by atomic mass is 16.5. The molecule has 1 aromatic carbocycles. The Morgan fingerprint density at radius 1 is 1.38 bits per heavy atom. The van der Waals surface area contributed by atoms with Crippen molar-refractivity contribution in [1.29, 1.82) is 0 Å². The Bertz CT molecular complexity index is 366.